The van der Waals surface area contributed by atoms with Crippen LogP contribution in [0.1, 0.15) is 65.0 Å². The molecule has 8 atom stereocenters. The second-order valence-corrected chi connectivity index (χ2v) is 13.3. The molecule has 0 bridgehead atoms. The largest absolute Gasteiger partial charge is 0.453 e. The highest BCUT2D eigenvalue weighted by molar-refractivity contribution is 5.93. The van der Waals surface area contributed by atoms with Crippen molar-refractivity contribution < 1.29 is 101 Å². The molecule has 0 aromatic heterocycles. The van der Waals surface area contributed by atoms with E-state index in [1.807, 2.05) is 0 Å². The Labute approximate surface area is 334 Å². The van der Waals surface area contributed by atoms with Gasteiger partial charge in [-0.15, -0.1) is 0 Å². The Kier molecular flexibility index (Phi) is 12.2. The maximum Gasteiger partial charge on any atom is 0.417 e. The second kappa shape index (κ2) is 16.6. The first kappa shape index (κ1) is 44.8. The molecule has 10 nitrogen and oxygen atoms in total. The van der Waals surface area contributed by atoms with Crippen molar-refractivity contribution in [3.8, 4) is 0 Å². The zero-order valence-electron chi connectivity index (χ0n) is 30.1. The fourth-order valence-electron chi connectivity index (χ4n) is 6.58. The van der Waals surface area contributed by atoms with Crippen LogP contribution in [0, 0.1) is 0 Å². The minimum Gasteiger partial charge on any atom is -0.453 e. The molecule has 61 heavy (non-hydrogen) atoms. The number of carbonyl (C=O) groups excluding carboxylic acids is 3. The standard InChI is InChI=1S/C39H26F12O10/c40-36(41,42)21-13-5-1-9-17(21)27-35(60-27)61-31-29(58-33(55)19-11-3-7-15-23(19)38(46,47)48)26(53)25(52)28(57-32(54)18-10-2-6-14-22(18)37(43,44)45)30(31)59-34(56)20-12-4-8-16-24(20)39(49,50)51/h1-16,25-31,35,52-53H/t25-,26+,27?,28+,29-,30-,31+,35?/m0/s1. The summed E-state index contributed by atoms with van der Waals surface area (Å²) < 4.78 is 194. The van der Waals surface area contributed by atoms with E-state index in [0.717, 1.165) is 54.6 Å². The van der Waals surface area contributed by atoms with Crippen LogP contribution in [-0.2, 0) is 48.4 Å². The minimum absolute atomic E-state index is 0.416. The number of epoxide rings is 1. The van der Waals surface area contributed by atoms with Crippen molar-refractivity contribution in [1.29, 1.82) is 0 Å². The van der Waals surface area contributed by atoms with Gasteiger partial charge in [-0.1, -0.05) is 54.6 Å². The number of aliphatic hydroxyl groups excluding tert-OH is 2. The van der Waals surface area contributed by atoms with Gasteiger partial charge in [0.2, 0.25) is 0 Å². The van der Waals surface area contributed by atoms with Gasteiger partial charge in [0.05, 0.1) is 38.9 Å². The first-order chi connectivity index (χ1) is 28.4. The second-order valence-electron chi connectivity index (χ2n) is 13.3. The zero-order valence-corrected chi connectivity index (χ0v) is 30.1. The number of ether oxygens (including phenoxy) is 5. The molecule has 0 amide bonds. The third-order valence-electron chi connectivity index (χ3n) is 9.40. The summed E-state index contributed by atoms with van der Waals surface area (Å²) in [6.07, 6.45) is -40.6. The normalized spacial score (nSPS) is 24.4. The first-order valence-electron chi connectivity index (χ1n) is 17.3. The van der Waals surface area contributed by atoms with E-state index in [-0.39, 0.29) is 0 Å². The van der Waals surface area contributed by atoms with Crippen molar-refractivity contribution in [3.63, 3.8) is 0 Å². The molecule has 1 saturated heterocycles. The van der Waals surface area contributed by atoms with E-state index in [9.17, 15) is 77.3 Å². The minimum atomic E-state index is -5.27. The average Bonchev–Trinajstić information content (AvgIpc) is 3.97. The van der Waals surface area contributed by atoms with Crippen molar-refractivity contribution in [2.24, 2.45) is 0 Å². The maximum atomic E-state index is 14.0. The van der Waals surface area contributed by atoms with Gasteiger partial charge in [-0.3, -0.25) is 0 Å². The number of carbonyl (C=O) groups is 3. The Morgan fingerprint density at radius 3 is 1.13 bits per heavy atom. The highest BCUT2D eigenvalue weighted by Gasteiger charge is 2.60. The van der Waals surface area contributed by atoms with E-state index in [4.69, 9.17) is 23.7 Å². The molecule has 4 aromatic rings. The lowest BCUT2D eigenvalue weighted by Crippen LogP contribution is -2.67. The Balaban J connectivity index is 1.47. The van der Waals surface area contributed by atoms with Crippen molar-refractivity contribution >= 4 is 17.9 Å². The lowest BCUT2D eigenvalue weighted by atomic mass is 9.83. The molecule has 2 N–H and O–H groups in total. The number of rotatable bonds is 9. The van der Waals surface area contributed by atoms with E-state index in [1.54, 1.807) is 0 Å². The fourth-order valence-corrected chi connectivity index (χ4v) is 6.58. The third kappa shape index (κ3) is 9.61. The summed E-state index contributed by atoms with van der Waals surface area (Å²) in [5, 5.41) is 22.7. The highest BCUT2D eigenvalue weighted by atomic mass is 19.4. The van der Waals surface area contributed by atoms with E-state index in [0.29, 0.717) is 42.5 Å². The quantitative estimate of drug-likeness (QED) is 0.0737. The summed E-state index contributed by atoms with van der Waals surface area (Å²) in [5.41, 5.74) is -10.6. The van der Waals surface area contributed by atoms with Gasteiger partial charge >= 0.3 is 42.6 Å². The number of benzene rings is 4. The monoisotopic (exact) mass is 882 g/mol. The van der Waals surface area contributed by atoms with Crippen LogP contribution in [0.2, 0.25) is 0 Å². The molecular formula is C39H26F12O10. The van der Waals surface area contributed by atoms with Crippen LogP contribution in [0.3, 0.4) is 0 Å². The van der Waals surface area contributed by atoms with Crippen LogP contribution in [0.4, 0.5) is 52.7 Å². The van der Waals surface area contributed by atoms with E-state index in [2.05, 4.69) is 0 Å². The van der Waals surface area contributed by atoms with Gasteiger partial charge in [0.15, 0.2) is 24.6 Å². The van der Waals surface area contributed by atoms with Crippen LogP contribution < -0.4 is 0 Å². The number of halogens is 12. The summed E-state index contributed by atoms with van der Waals surface area (Å²) >= 11 is 0. The molecule has 6 rings (SSSR count). The SMILES string of the molecule is O=C(O[C@@H]1[C@H](OC2OC2c2ccccc2C(F)(F)F)[C@@H](OC(=O)c2ccccc2C(F)(F)F)[C@H](O)[C@H](O)[C@H]1OC(=O)c1ccccc1C(F)(F)F)c1ccccc1C(F)(F)F. The molecule has 4 aromatic carbocycles. The van der Waals surface area contributed by atoms with Crippen molar-refractivity contribution in [2.45, 2.75) is 73.7 Å². The molecular weight excluding hydrogens is 856 g/mol. The van der Waals surface area contributed by atoms with Crippen LogP contribution in [-0.4, -0.2) is 71.0 Å². The zero-order chi connectivity index (χ0) is 44.8. The smallest absolute Gasteiger partial charge is 0.417 e. The lowest BCUT2D eigenvalue weighted by Gasteiger charge is -2.45. The van der Waals surface area contributed by atoms with E-state index < -0.39 is 136 Å². The first-order valence-corrected chi connectivity index (χ1v) is 17.3. The van der Waals surface area contributed by atoms with Gasteiger partial charge in [-0.05, 0) is 48.0 Å². The van der Waals surface area contributed by atoms with E-state index in [1.165, 1.54) is 0 Å². The fraction of sp³-hybridized carbons (Fsp3) is 0.308. The Morgan fingerprint density at radius 2 is 0.754 bits per heavy atom. The Bertz CT molecular complexity index is 2270. The number of hydrogen-bond acceptors (Lipinski definition) is 10. The van der Waals surface area contributed by atoms with Gasteiger partial charge in [-0.2, -0.15) is 52.7 Å². The van der Waals surface area contributed by atoms with Crippen molar-refractivity contribution in [3.05, 3.63) is 142 Å². The highest BCUT2D eigenvalue weighted by Crippen LogP contribution is 2.47. The predicted octanol–water partition coefficient (Wildman–Crippen LogP) is 7.96. The average molecular weight is 883 g/mol. The lowest BCUT2D eigenvalue weighted by molar-refractivity contribution is -0.243. The summed E-state index contributed by atoms with van der Waals surface area (Å²) in [6.45, 7) is 0. The number of esters is 3. The summed E-state index contributed by atoms with van der Waals surface area (Å²) in [5.74, 6) is -5.89. The van der Waals surface area contributed by atoms with Gasteiger partial charge in [0, 0.05) is 0 Å². The molecule has 1 heterocycles. The van der Waals surface area contributed by atoms with Crippen LogP contribution in [0.15, 0.2) is 97.1 Å². The van der Waals surface area contributed by atoms with Crippen molar-refractivity contribution in [2.75, 3.05) is 0 Å². The molecule has 1 saturated carbocycles. The van der Waals surface area contributed by atoms with Crippen LogP contribution in [0.5, 0.6) is 0 Å². The molecule has 0 radical (unpaired) electrons. The molecule has 2 aliphatic rings. The predicted molar refractivity (Wildman–Crippen MR) is 178 cm³/mol. The Morgan fingerprint density at radius 1 is 0.443 bits per heavy atom. The summed E-state index contributed by atoms with van der Waals surface area (Å²) in [4.78, 5) is 40.5. The maximum absolute atomic E-state index is 14.0. The third-order valence-corrected chi connectivity index (χ3v) is 9.40. The molecule has 22 heteroatoms. The number of alkyl halides is 12. The van der Waals surface area contributed by atoms with E-state index >= 15 is 0 Å². The molecule has 326 valence electrons. The number of aliphatic hydroxyl groups is 2. The summed E-state index contributed by atoms with van der Waals surface area (Å²) in [6, 6.07) is 12.2. The molecule has 1 aliphatic carbocycles. The van der Waals surface area contributed by atoms with Gasteiger partial charge in [0.25, 0.3) is 0 Å². The van der Waals surface area contributed by atoms with Crippen molar-refractivity contribution in [1.82, 2.24) is 0 Å². The molecule has 2 fully saturated rings. The molecule has 0 spiro atoms. The van der Waals surface area contributed by atoms with Crippen LogP contribution >= 0.6 is 0 Å². The van der Waals surface area contributed by atoms with Gasteiger partial charge < -0.3 is 33.9 Å². The van der Waals surface area contributed by atoms with Gasteiger partial charge in [-0.25, -0.2) is 14.4 Å². The Hall–Kier alpha value is -5.71. The molecule has 1 aliphatic heterocycles. The number of hydrogen-bond donors (Lipinski definition) is 2. The topological polar surface area (TPSA) is 141 Å². The summed E-state index contributed by atoms with van der Waals surface area (Å²) in [7, 11) is 0. The van der Waals surface area contributed by atoms with Gasteiger partial charge in [0.1, 0.15) is 24.4 Å². The molecule has 2 unspecified atom stereocenters. The van der Waals surface area contributed by atoms with Crippen LogP contribution in [0.25, 0.3) is 0 Å².